The Morgan fingerprint density at radius 3 is 3.10 bits per heavy atom. The minimum Gasteiger partial charge on any atom is -0.482 e. The molecule has 1 aliphatic heterocycles. The van der Waals surface area contributed by atoms with Crippen LogP contribution >= 0.6 is 0 Å². The Morgan fingerprint density at radius 1 is 1.38 bits per heavy atom. The number of ether oxygens (including phenoxy) is 1. The number of hydrogen-bond donors (Lipinski definition) is 2. The fraction of sp³-hybridized carbons (Fsp3) is 0.250. The highest BCUT2D eigenvalue weighted by atomic mass is 16.5. The molecule has 0 aliphatic carbocycles. The van der Waals surface area contributed by atoms with Gasteiger partial charge in [0.2, 0.25) is 0 Å². The number of aromatic nitrogens is 1. The molecule has 0 saturated heterocycles. The third kappa shape index (κ3) is 3.20. The highest BCUT2D eigenvalue weighted by molar-refractivity contribution is 5.95. The molecule has 1 amide bonds. The molecule has 1 unspecified atom stereocenters. The van der Waals surface area contributed by atoms with Crippen molar-refractivity contribution in [3.05, 3.63) is 53.9 Å². The average Bonchev–Trinajstić information content (AvgIpc) is 2.53. The fourth-order valence-electron chi connectivity index (χ4n) is 2.25. The van der Waals surface area contributed by atoms with Gasteiger partial charge in [0.15, 0.2) is 6.61 Å². The van der Waals surface area contributed by atoms with E-state index >= 15 is 0 Å². The number of carbonyl (C=O) groups excluding carboxylic acids is 1. The molecule has 2 aromatic rings. The van der Waals surface area contributed by atoms with Gasteiger partial charge >= 0.3 is 0 Å². The molecule has 3 rings (SSSR count). The van der Waals surface area contributed by atoms with Crippen molar-refractivity contribution in [2.75, 3.05) is 11.9 Å². The van der Waals surface area contributed by atoms with Gasteiger partial charge in [0.1, 0.15) is 5.75 Å². The van der Waals surface area contributed by atoms with Gasteiger partial charge in [-0.2, -0.15) is 0 Å². The second kappa shape index (κ2) is 5.93. The second-order valence-corrected chi connectivity index (χ2v) is 5.02. The van der Waals surface area contributed by atoms with Crippen molar-refractivity contribution in [2.45, 2.75) is 19.5 Å². The summed E-state index contributed by atoms with van der Waals surface area (Å²) in [5.74, 6) is 0.601. The number of anilines is 1. The smallest absolute Gasteiger partial charge is 0.262 e. The fourth-order valence-corrected chi connectivity index (χ4v) is 2.25. The lowest BCUT2D eigenvalue weighted by molar-refractivity contribution is -0.118. The molecule has 1 aliphatic rings. The maximum atomic E-state index is 11.4. The first-order valence-electron chi connectivity index (χ1n) is 6.92. The first-order chi connectivity index (χ1) is 10.2. The lowest BCUT2D eigenvalue weighted by atomic mass is 10.1. The van der Waals surface area contributed by atoms with Crippen molar-refractivity contribution >= 4 is 11.6 Å². The minimum atomic E-state index is -0.117. The summed E-state index contributed by atoms with van der Waals surface area (Å²) >= 11 is 0. The summed E-state index contributed by atoms with van der Waals surface area (Å²) < 4.78 is 5.36. The van der Waals surface area contributed by atoms with Gasteiger partial charge in [0.25, 0.3) is 5.91 Å². The number of fused-ring (bicyclic) bond motifs is 1. The molecule has 5 heteroatoms. The third-order valence-electron chi connectivity index (χ3n) is 3.45. The highest BCUT2D eigenvalue weighted by Gasteiger charge is 2.17. The van der Waals surface area contributed by atoms with Gasteiger partial charge in [-0.25, -0.2) is 0 Å². The summed E-state index contributed by atoms with van der Waals surface area (Å²) in [6, 6.07) is 11.9. The Hall–Kier alpha value is -2.40. The number of amides is 1. The lowest BCUT2D eigenvalue weighted by Crippen LogP contribution is -2.26. The normalized spacial score (nSPS) is 14.8. The molecule has 0 radical (unpaired) electrons. The Kier molecular flexibility index (Phi) is 3.83. The lowest BCUT2D eigenvalue weighted by Gasteiger charge is -2.21. The zero-order valence-electron chi connectivity index (χ0n) is 11.8. The van der Waals surface area contributed by atoms with Crippen LogP contribution in [0.3, 0.4) is 0 Å². The van der Waals surface area contributed by atoms with Gasteiger partial charge in [0, 0.05) is 18.8 Å². The largest absolute Gasteiger partial charge is 0.482 e. The van der Waals surface area contributed by atoms with Crippen LogP contribution in [-0.4, -0.2) is 17.5 Å². The van der Waals surface area contributed by atoms with E-state index in [-0.39, 0.29) is 18.6 Å². The van der Waals surface area contributed by atoms with Crippen LogP contribution in [0, 0.1) is 0 Å². The number of hydrogen-bond acceptors (Lipinski definition) is 4. The maximum absolute atomic E-state index is 11.4. The van der Waals surface area contributed by atoms with Crippen molar-refractivity contribution < 1.29 is 9.53 Å². The van der Waals surface area contributed by atoms with E-state index in [1.54, 1.807) is 6.20 Å². The first-order valence-corrected chi connectivity index (χ1v) is 6.92. The zero-order valence-corrected chi connectivity index (χ0v) is 11.8. The second-order valence-electron chi connectivity index (χ2n) is 5.02. The van der Waals surface area contributed by atoms with E-state index in [4.69, 9.17) is 4.74 Å². The average molecular weight is 283 g/mol. The van der Waals surface area contributed by atoms with E-state index in [0.29, 0.717) is 6.54 Å². The van der Waals surface area contributed by atoms with Crippen molar-refractivity contribution in [1.29, 1.82) is 0 Å². The van der Waals surface area contributed by atoms with E-state index in [2.05, 4.69) is 22.5 Å². The third-order valence-corrected chi connectivity index (χ3v) is 3.45. The number of rotatable bonds is 4. The van der Waals surface area contributed by atoms with Gasteiger partial charge < -0.3 is 15.4 Å². The van der Waals surface area contributed by atoms with E-state index in [1.807, 2.05) is 36.4 Å². The number of carbonyl (C=O) groups is 1. The summed E-state index contributed by atoms with van der Waals surface area (Å²) in [6.07, 6.45) is 1.79. The van der Waals surface area contributed by atoms with Crippen LogP contribution in [0.1, 0.15) is 24.2 Å². The van der Waals surface area contributed by atoms with Crippen LogP contribution in [0.5, 0.6) is 5.75 Å². The van der Waals surface area contributed by atoms with Crippen molar-refractivity contribution in [3.8, 4) is 5.75 Å². The van der Waals surface area contributed by atoms with Gasteiger partial charge in [-0.3, -0.25) is 9.78 Å². The highest BCUT2D eigenvalue weighted by Crippen LogP contribution is 2.30. The molecule has 1 aromatic carbocycles. The van der Waals surface area contributed by atoms with Gasteiger partial charge in [0.05, 0.1) is 11.4 Å². The molecule has 0 fully saturated rings. The molecular weight excluding hydrogens is 266 g/mol. The molecule has 2 heterocycles. The number of benzene rings is 1. The molecule has 5 nitrogen and oxygen atoms in total. The zero-order chi connectivity index (χ0) is 14.7. The summed E-state index contributed by atoms with van der Waals surface area (Å²) in [5.41, 5.74) is 2.82. The predicted octanol–water partition coefficient (Wildman–Crippen LogP) is 2.26. The number of pyridine rings is 1. The molecule has 0 bridgehead atoms. The van der Waals surface area contributed by atoms with E-state index < -0.39 is 0 Å². The summed E-state index contributed by atoms with van der Waals surface area (Å²) in [6.45, 7) is 2.86. The van der Waals surface area contributed by atoms with Crippen LogP contribution in [0.4, 0.5) is 5.69 Å². The molecule has 2 N–H and O–H groups in total. The molecule has 1 aromatic heterocycles. The number of nitrogens with one attached hydrogen (secondary N) is 2. The van der Waals surface area contributed by atoms with Gasteiger partial charge in [-0.05, 0) is 36.8 Å². The molecule has 108 valence electrons. The monoisotopic (exact) mass is 283 g/mol. The van der Waals surface area contributed by atoms with Crippen LogP contribution in [0.25, 0.3) is 0 Å². The minimum absolute atomic E-state index is 0.0832. The predicted molar refractivity (Wildman–Crippen MR) is 80.1 cm³/mol. The standard InChI is InChI=1S/C16H17N3O2/c1-11(18-9-13-4-2-3-7-17-13)12-5-6-15-14(8-12)19-16(20)10-21-15/h2-8,11,18H,9-10H2,1H3,(H,19,20). The first kappa shape index (κ1) is 13.6. The SMILES string of the molecule is CC(NCc1ccccn1)c1ccc2c(c1)NC(=O)CO2. The Morgan fingerprint density at radius 2 is 2.29 bits per heavy atom. The van der Waals surface area contributed by atoms with Crippen LogP contribution in [-0.2, 0) is 11.3 Å². The molecular formula is C16H17N3O2. The van der Waals surface area contributed by atoms with Crippen molar-refractivity contribution in [3.63, 3.8) is 0 Å². The molecule has 0 saturated carbocycles. The maximum Gasteiger partial charge on any atom is 0.262 e. The summed E-state index contributed by atoms with van der Waals surface area (Å²) in [5, 5.41) is 6.24. The van der Waals surface area contributed by atoms with Crippen LogP contribution < -0.4 is 15.4 Å². The van der Waals surface area contributed by atoms with E-state index in [9.17, 15) is 4.79 Å². The van der Waals surface area contributed by atoms with Gasteiger partial charge in [-0.1, -0.05) is 12.1 Å². The van der Waals surface area contributed by atoms with Crippen LogP contribution in [0.2, 0.25) is 0 Å². The summed E-state index contributed by atoms with van der Waals surface area (Å²) in [4.78, 5) is 15.6. The van der Waals surface area contributed by atoms with E-state index in [0.717, 1.165) is 22.7 Å². The summed E-state index contributed by atoms with van der Waals surface area (Å²) in [7, 11) is 0. The van der Waals surface area contributed by atoms with Crippen molar-refractivity contribution in [2.24, 2.45) is 0 Å². The Labute approximate surface area is 123 Å². The Balaban J connectivity index is 1.69. The molecule has 21 heavy (non-hydrogen) atoms. The number of nitrogens with zero attached hydrogens (tertiary/aromatic N) is 1. The van der Waals surface area contributed by atoms with E-state index in [1.165, 1.54) is 0 Å². The molecule has 1 atom stereocenters. The topological polar surface area (TPSA) is 63.2 Å². The Bertz CT molecular complexity index is 643. The van der Waals surface area contributed by atoms with Crippen LogP contribution in [0.15, 0.2) is 42.6 Å². The molecule has 0 spiro atoms. The quantitative estimate of drug-likeness (QED) is 0.903. The van der Waals surface area contributed by atoms with Crippen molar-refractivity contribution in [1.82, 2.24) is 10.3 Å². The van der Waals surface area contributed by atoms with Gasteiger partial charge in [-0.15, -0.1) is 0 Å².